The number of fused-ring (bicyclic) bond motifs is 3. The molecule has 0 unspecified atom stereocenters. The molecule has 0 bridgehead atoms. The van der Waals surface area contributed by atoms with E-state index >= 15 is 0 Å². The molecule has 12 heteroatoms. The van der Waals surface area contributed by atoms with Crippen molar-refractivity contribution in [2.45, 2.75) is 38.0 Å². The number of ether oxygens (including phenoxy) is 1. The normalized spacial score (nSPS) is 24.6. The van der Waals surface area contributed by atoms with Crippen LogP contribution in [-0.4, -0.2) is 87.7 Å². The minimum atomic E-state index is -2.69. The van der Waals surface area contributed by atoms with E-state index in [2.05, 4.69) is 5.32 Å². The summed E-state index contributed by atoms with van der Waals surface area (Å²) in [5, 5.41) is 48.0. The van der Waals surface area contributed by atoms with E-state index in [4.69, 9.17) is 10.5 Å². The lowest BCUT2D eigenvalue weighted by molar-refractivity contribution is -0.153. The first-order chi connectivity index (χ1) is 20.8. The molecule has 0 aromatic heterocycles. The Morgan fingerprint density at radius 2 is 1.77 bits per heavy atom. The fraction of sp³-hybridized carbons (Fsp3) is 0.375. The number of Topliss-reactive ketones (excluding diaryl/α,β-unsaturated/α-hetero) is 2. The van der Waals surface area contributed by atoms with Crippen LogP contribution in [0.1, 0.15) is 30.0 Å². The number of phenols is 1. The predicted molar refractivity (Wildman–Crippen MR) is 158 cm³/mol. The van der Waals surface area contributed by atoms with E-state index in [-0.39, 0.29) is 42.2 Å². The molecule has 1 amide bonds. The molecule has 3 aliphatic rings. The Hall–Kier alpha value is -4.52. The predicted octanol–water partition coefficient (Wildman–Crippen LogP) is 1.28. The summed E-state index contributed by atoms with van der Waals surface area (Å²) in [6, 6.07) is 9.44. The van der Waals surface area contributed by atoms with Gasteiger partial charge in [0, 0.05) is 18.0 Å². The van der Waals surface area contributed by atoms with E-state index in [1.165, 1.54) is 11.0 Å². The van der Waals surface area contributed by atoms with Gasteiger partial charge in [-0.1, -0.05) is 30.3 Å². The van der Waals surface area contributed by atoms with Crippen molar-refractivity contribution in [2.24, 2.45) is 17.6 Å². The summed E-state index contributed by atoms with van der Waals surface area (Å²) in [5.74, 6) is -7.25. The number of hydrogen-bond acceptors (Lipinski definition) is 11. The molecule has 5 rings (SSSR count). The summed E-state index contributed by atoms with van der Waals surface area (Å²) in [6.45, 7) is 2.54. The minimum absolute atomic E-state index is 0.00588. The van der Waals surface area contributed by atoms with Gasteiger partial charge in [0.15, 0.2) is 11.4 Å². The average Bonchev–Trinajstić information content (AvgIpc) is 2.95. The van der Waals surface area contributed by atoms with Crippen molar-refractivity contribution in [3.8, 4) is 16.9 Å². The van der Waals surface area contributed by atoms with E-state index in [1.807, 2.05) is 24.3 Å². The van der Waals surface area contributed by atoms with Gasteiger partial charge in [-0.3, -0.25) is 24.1 Å². The SMILES string of the molecule is CCOC(=O)CNCc1ccc(-c2ccc(O)c3c2C[C@@H]2C[C@@H]4[C@@H](N(C)C)C(=O)C(C(N)=O)=C(O)[C@@]4(O)C(=O)C2=C3O)cc1. The fourth-order valence-corrected chi connectivity index (χ4v) is 6.84. The molecule has 0 radical (unpaired) electrons. The van der Waals surface area contributed by atoms with Gasteiger partial charge in [-0.15, -0.1) is 0 Å². The van der Waals surface area contributed by atoms with Crippen LogP contribution in [0.2, 0.25) is 0 Å². The average molecular weight is 606 g/mol. The zero-order valence-electron chi connectivity index (χ0n) is 24.6. The highest BCUT2D eigenvalue weighted by atomic mass is 16.5. The van der Waals surface area contributed by atoms with Crippen molar-refractivity contribution >= 4 is 29.2 Å². The van der Waals surface area contributed by atoms with E-state index in [9.17, 15) is 39.6 Å². The number of carbonyl (C=O) groups excluding carboxylic acids is 4. The topological polar surface area (TPSA) is 200 Å². The minimum Gasteiger partial charge on any atom is -0.508 e. The molecular formula is C32H35N3O9. The second-order valence-corrected chi connectivity index (χ2v) is 11.6. The first-order valence-corrected chi connectivity index (χ1v) is 14.3. The van der Waals surface area contributed by atoms with Gasteiger partial charge in [-0.25, -0.2) is 0 Å². The number of rotatable bonds is 8. The molecule has 4 atom stereocenters. The fourth-order valence-electron chi connectivity index (χ4n) is 6.84. The standard InChI is InChI=1S/C32H35N3O9/c1-4-44-22(37)14-34-13-15-5-7-16(8-6-15)18-9-10-21(36)24-19(18)11-17-12-20-26(35(2)3)28(39)25(31(33)42)30(41)32(20,43)29(40)23(17)27(24)38/h5-10,17,20,26,34,36,38,41,43H,4,11-14H2,1-3H3,(H2,33,42)/t17-,20-,26-,32+/m1/s1. The molecule has 1 saturated carbocycles. The molecule has 0 saturated heterocycles. The molecule has 2 aromatic carbocycles. The number of amides is 1. The number of primary amides is 1. The largest absolute Gasteiger partial charge is 0.508 e. The third-order valence-corrected chi connectivity index (χ3v) is 8.77. The van der Waals surface area contributed by atoms with Crippen LogP contribution < -0.4 is 11.1 Å². The smallest absolute Gasteiger partial charge is 0.319 e. The van der Waals surface area contributed by atoms with Crippen LogP contribution in [0.4, 0.5) is 0 Å². The maximum atomic E-state index is 14.0. The lowest BCUT2D eigenvalue weighted by Crippen LogP contribution is -2.65. The number of phenolic OH excluding ortho intramolecular Hbond substituents is 1. The number of esters is 1. The molecule has 2 aromatic rings. The highest BCUT2D eigenvalue weighted by Gasteiger charge is 2.64. The number of aliphatic hydroxyl groups is 3. The van der Waals surface area contributed by atoms with Crippen molar-refractivity contribution < 1.29 is 44.3 Å². The monoisotopic (exact) mass is 605 g/mol. The van der Waals surface area contributed by atoms with Crippen LogP contribution >= 0.6 is 0 Å². The number of aromatic hydroxyl groups is 1. The zero-order valence-corrected chi connectivity index (χ0v) is 24.6. The molecule has 232 valence electrons. The van der Waals surface area contributed by atoms with Crippen LogP contribution in [0.15, 0.2) is 53.3 Å². The number of aliphatic hydroxyl groups excluding tert-OH is 2. The highest BCUT2D eigenvalue weighted by molar-refractivity contribution is 6.24. The van der Waals surface area contributed by atoms with E-state index < -0.39 is 58.0 Å². The first kappa shape index (κ1) is 30.9. The van der Waals surface area contributed by atoms with Gasteiger partial charge in [0.05, 0.1) is 24.8 Å². The maximum absolute atomic E-state index is 14.0. The summed E-state index contributed by atoms with van der Waals surface area (Å²) < 4.78 is 4.92. The van der Waals surface area contributed by atoms with Crippen molar-refractivity contribution in [2.75, 3.05) is 27.2 Å². The number of likely N-dealkylation sites (N-methyl/N-ethyl adjacent to an activating group) is 1. The van der Waals surface area contributed by atoms with Gasteiger partial charge in [0.25, 0.3) is 5.91 Å². The molecule has 44 heavy (non-hydrogen) atoms. The quantitative estimate of drug-likeness (QED) is 0.187. The Morgan fingerprint density at radius 1 is 1.09 bits per heavy atom. The Bertz CT molecular complexity index is 1630. The van der Waals surface area contributed by atoms with Crippen LogP contribution in [0.5, 0.6) is 5.75 Å². The van der Waals surface area contributed by atoms with Gasteiger partial charge >= 0.3 is 5.97 Å². The number of hydrogen-bond donors (Lipinski definition) is 6. The lowest BCUT2D eigenvalue weighted by atomic mass is 9.57. The lowest BCUT2D eigenvalue weighted by Gasteiger charge is -2.50. The summed E-state index contributed by atoms with van der Waals surface area (Å²) in [4.78, 5) is 52.5. The Balaban J connectivity index is 1.54. The van der Waals surface area contributed by atoms with Gasteiger partial charge in [-0.05, 0) is 68.1 Å². The second kappa shape index (κ2) is 11.5. The molecular weight excluding hydrogens is 570 g/mol. The molecule has 3 aliphatic carbocycles. The third-order valence-electron chi connectivity index (χ3n) is 8.77. The van der Waals surface area contributed by atoms with Gasteiger partial charge in [0.2, 0.25) is 5.78 Å². The highest BCUT2D eigenvalue weighted by Crippen LogP contribution is 2.53. The molecule has 0 aliphatic heterocycles. The number of nitrogens with two attached hydrogens (primary N) is 1. The summed E-state index contributed by atoms with van der Waals surface area (Å²) >= 11 is 0. The number of nitrogens with zero attached hydrogens (tertiary/aromatic N) is 1. The third kappa shape index (κ3) is 4.84. The Kier molecular flexibility index (Phi) is 8.10. The molecule has 0 heterocycles. The Morgan fingerprint density at radius 3 is 2.39 bits per heavy atom. The molecule has 12 nitrogen and oxygen atoms in total. The van der Waals surface area contributed by atoms with Gasteiger partial charge in [-0.2, -0.15) is 0 Å². The maximum Gasteiger partial charge on any atom is 0.319 e. The number of carbonyl (C=O) groups is 4. The van der Waals surface area contributed by atoms with Crippen LogP contribution in [0.3, 0.4) is 0 Å². The molecule has 1 fully saturated rings. The summed E-state index contributed by atoms with van der Waals surface area (Å²) in [5.41, 5.74) is 4.62. The van der Waals surface area contributed by atoms with Crippen molar-refractivity contribution in [1.29, 1.82) is 0 Å². The van der Waals surface area contributed by atoms with Gasteiger partial charge in [0.1, 0.15) is 22.8 Å². The second-order valence-electron chi connectivity index (χ2n) is 11.6. The first-order valence-electron chi connectivity index (χ1n) is 14.3. The van der Waals surface area contributed by atoms with E-state index in [1.54, 1.807) is 27.1 Å². The zero-order chi connectivity index (χ0) is 32.1. The van der Waals surface area contributed by atoms with E-state index in [0.717, 1.165) is 11.1 Å². The summed E-state index contributed by atoms with van der Waals surface area (Å²) in [7, 11) is 3.11. The van der Waals surface area contributed by atoms with Crippen LogP contribution in [0, 0.1) is 11.8 Å². The Labute approximate surface area is 253 Å². The molecule has 0 spiro atoms. The van der Waals surface area contributed by atoms with Crippen molar-refractivity contribution in [3.05, 3.63) is 70.0 Å². The molecule has 7 N–H and O–H groups in total. The van der Waals surface area contributed by atoms with E-state index in [0.29, 0.717) is 24.3 Å². The summed E-state index contributed by atoms with van der Waals surface area (Å²) in [6.07, 6.45) is 0.188. The van der Waals surface area contributed by atoms with Crippen molar-refractivity contribution in [3.63, 3.8) is 0 Å². The number of benzene rings is 2. The van der Waals surface area contributed by atoms with Crippen LogP contribution in [0.25, 0.3) is 16.9 Å². The number of ketones is 2. The van der Waals surface area contributed by atoms with Crippen LogP contribution in [-0.2, 0) is 36.9 Å². The van der Waals surface area contributed by atoms with Crippen molar-refractivity contribution in [1.82, 2.24) is 10.2 Å². The van der Waals surface area contributed by atoms with Gasteiger partial charge < -0.3 is 36.2 Å². The number of nitrogens with one attached hydrogen (secondary N) is 1.